The monoisotopic (exact) mass is 214 g/mol. The van der Waals surface area contributed by atoms with E-state index < -0.39 is 5.97 Å². The lowest BCUT2D eigenvalue weighted by atomic mass is 10.2. The third-order valence-corrected chi connectivity index (χ3v) is 1.37. The van der Waals surface area contributed by atoms with Crippen molar-refractivity contribution >= 4 is 11.8 Å². The second-order valence-electron chi connectivity index (χ2n) is 4.09. The highest BCUT2D eigenvalue weighted by atomic mass is 16.5. The lowest BCUT2D eigenvalue weighted by Gasteiger charge is -2.18. The topological polar surface area (TPSA) is 52.6 Å². The predicted octanol–water partition coefficient (Wildman–Crippen LogP) is 1.49. The van der Waals surface area contributed by atoms with Crippen LogP contribution in [0, 0.1) is 0 Å². The Labute approximate surface area is 90.2 Å². The van der Waals surface area contributed by atoms with Gasteiger partial charge in [0.05, 0.1) is 5.60 Å². The van der Waals surface area contributed by atoms with Crippen LogP contribution in [0.25, 0.3) is 0 Å². The zero-order valence-electron chi connectivity index (χ0n) is 9.54. The molecule has 0 saturated heterocycles. The zero-order valence-corrected chi connectivity index (χ0v) is 9.54. The lowest BCUT2D eigenvalue weighted by molar-refractivity contribution is -0.147. The summed E-state index contributed by atoms with van der Waals surface area (Å²) in [4.78, 5) is 22.2. The average molecular weight is 214 g/mol. The molecule has 0 aliphatic heterocycles. The first-order chi connectivity index (χ1) is 6.85. The second kappa shape index (κ2) is 6.35. The third-order valence-electron chi connectivity index (χ3n) is 1.37. The Kier molecular flexibility index (Phi) is 5.86. The first-order valence-electron chi connectivity index (χ1n) is 4.77. The highest BCUT2D eigenvalue weighted by Crippen LogP contribution is 2.06. The Balaban J connectivity index is 3.74. The van der Waals surface area contributed by atoms with Crippen molar-refractivity contribution in [2.45, 2.75) is 32.8 Å². The van der Waals surface area contributed by atoms with E-state index in [4.69, 9.17) is 4.74 Å². The minimum absolute atomic E-state index is 0.0628. The van der Waals surface area contributed by atoms with Crippen molar-refractivity contribution in [3.63, 3.8) is 0 Å². The maximum Gasteiger partial charge on any atom is 0.313 e. The summed E-state index contributed by atoms with van der Waals surface area (Å²) in [6.07, 6.45) is 1.21. The van der Waals surface area contributed by atoms with Gasteiger partial charge in [0.2, 0.25) is 0 Å². The molecule has 0 N–H and O–H groups in total. The first kappa shape index (κ1) is 13.8. The molecule has 0 aliphatic rings. The van der Waals surface area contributed by atoms with Crippen LogP contribution in [-0.4, -0.2) is 30.6 Å². The number of hydrogen-bond donors (Lipinski definition) is 0. The molecule has 0 atom stereocenters. The van der Waals surface area contributed by atoms with Crippen molar-refractivity contribution in [2.75, 3.05) is 13.2 Å². The molecule has 4 nitrogen and oxygen atoms in total. The number of Topliss-reactive ketones (excluding diaryl/α,β-unsaturated/α-hetero) is 1. The molecule has 4 heteroatoms. The van der Waals surface area contributed by atoms with Crippen molar-refractivity contribution in [3.8, 4) is 0 Å². The second-order valence-corrected chi connectivity index (χ2v) is 4.09. The number of rotatable bonds is 6. The van der Waals surface area contributed by atoms with Crippen LogP contribution in [0.4, 0.5) is 0 Å². The summed E-state index contributed by atoms with van der Waals surface area (Å²) >= 11 is 0. The Bertz CT molecular complexity index is 237. The van der Waals surface area contributed by atoms with E-state index in [0.717, 1.165) is 0 Å². The standard InChI is InChI=1S/C11H18O4/c1-5-6-14-10(13)7-9(12)8-15-11(2,3)4/h5H,1,6-8H2,2-4H3. The molecular formula is C11H18O4. The number of hydrogen-bond acceptors (Lipinski definition) is 4. The van der Waals surface area contributed by atoms with Gasteiger partial charge in [-0.1, -0.05) is 12.7 Å². The number of ether oxygens (including phenoxy) is 2. The molecule has 0 aliphatic carbocycles. The summed E-state index contributed by atoms with van der Waals surface area (Å²) in [5.41, 5.74) is -0.374. The molecule has 0 amide bonds. The van der Waals surface area contributed by atoms with Crippen molar-refractivity contribution in [3.05, 3.63) is 12.7 Å². The minimum atomic E-state index is -0.544. The summed E-state index contributed by atoms with van der Waals surface area (Å²) in [5, 5.41) is 0. The van der Waals surface area contributed by atoms with Gasteiger partial charge in [-0.2, -0.15) is 0 Å². The molecule has 0 rings (SSSR count). The molecule has 0 aromatic carbocycles. The van der Waals surface area contributed by atoms with E-state index in [-0.39, 0.29) is 31.0 Å². The molecular weight excluding hydrogens is 196 g/mol. The van der Waals surface area contributed by atoms with Gasteiger partial charge in [0.15, 0.2) is 5.78 Å². The van der Waals surface area contributed by atoms with Crippen LogP contribution in [0.2, 0.25) is 0 Å². The van der Waals surface area contributed by atoms with E-state index in [1.165, 1.54) is 6.08 Å². The highest BCUT2D eigenvalue weighted by molar-refractivity contribution is 5.96. The van der Waals surface area contributed by atoms with E-state index in [9.17, 15) is 9.59 Å². The molecule has 0 saturated carbocycles. The SMILES string of the molecule is C=CCOC(=O)CC(=O)COC(C)(C)C. The van der Waals surface area contributed by atoms with Gasteiger partial charge in [-0.25, -0.2) is 0 Å². The van der Waals surface area contributed by atoms with Gasteiger partial charge in [0.25, 0.3) is 0 Å². The Hall–Kier alpha value is -1.16. The van der Waals surface area contributed by atoms with Gasteiger partial charge < -0.3 is 9.47 Å². The Morgan fingerprint density at radius 2 is 1.93 bits per heavy atom. The smallest absolute Gasteiger partial charge is 0.313 e. The van der Waals surface area contributed by atoms with Crippen LogP contribution in [0.1, 0.15) is 27.2 Å². The first-order valence-corrected chi connectivity index (χ1v) is 4.77. The molecule has 0 unspecified atom stereocenters. The lowest BCUT2D eigenvalue weighted by Crippen LogP contribution is -2.25. The largest absolute Gasteiger partial charge is 0.461 e. The summed E-state index contributed by atoms with van der Waals surface area (Å²) in [6.45, 7) is 8.99. The highest BCUT2D eigenvalue weighted by Gasteiger charge is 2.15. The maximum absolute atomic E-state index is 11.2. The quantitative estimate of drug-likeness (QED) is 0.382. The molecule has 0 heterocycles. The number of ketones is 1. The maximum atomic E-state index is 11.2. The molecule has 0 radical (unpaired) electrons. The van der Waals surface area contributed by atoms with Crippen molar-refractivity contribution in [1.82, 2.24) is 0 Å². The summed E-state index contributed by atoms with van der Waals surface area (Å²) in [7, 11) is 0. The van der Waals surface area contributed by atoms with Crippen LogP contribution >= 0.6 is 0 Å². The molecule has 86 valence electrons. The molecule has 0 fully saturated rings. The van der Waals surface area contributed by atoms with Crippen molar-refractivity contribution in [1.29, 1.82) is 0 Å². The van der Waals surface area contributed by atoms with Crippen molar-refractivity contribution < 1.29 is 19.1 Å². The van der Waals surface area contributed by atoms with Crippen LogP contribution in [0.15, 0.2) is 12.7 Å². The molecule has 0 aromatic rings. The van der Waals surface area contributed by atoms with Crippen molar-refractivity contribution in [2.24, 2.45) is 0 Å². The molecule has 0 aromatic heterocycles. The van der Waals surface area contributed by atoms with Crippen LogP contribution in [0.3, 0.4) is 0 Å². The normalized spacial score (nSPS) is 10.9. The van der Waals surface area contributed by atoms with E-state index in [0.29, 0.717) is 0 Å². The van der Waals surface area contributed by atoms with E-state index >= 15 is 0 Å². The number of carbonyl (C=O) groups excluding carboxylic acids is 2. The van der Waals surface area contributed by atoms with E-state index in [2.05, 4.69) is 11.3 Å². The van der Waals surface area contributed by atoms with Gasteiger partial charge in [0.1, 0.15) is 19.6 Å². The van der Waals surface area contributed by atoms with Crippen LogP contribution in [-0.2, 0) is 19.1 Å². The van der Waals surface area contributed by atoms with Gasteiger partial charge in [0, 0.05) is 0 Å². The number of esters is 1. The van der Waals surface area contributed by atoms with Gasteiger partial charge >= 0.3 is 5.97 Å². The predicted molar refractivity (Wildman–Crippen MR) is 56.5 cm³/mol. The Morgan fingerprint density at radius 3 is 2.40 bits per heavy atom. The third kappa shape index (κ3) is 9.15. The zero-order chi connectivity index (χ0) is 11.9. The minimum Gasteiger partial charge on any atom is -0.461 e. The fourth-order valence-electron chi connectivity index (χ4n) is 0.712. The van der Waals surface area contributed by atoms with Crippen LogP contribution < -0.4 is 0 Å². The fourth-order valence-corrected chi connectivity index (χ4v) is 0.712. The molecule has 15 heavy (non-hydrogen) atoms. The molecule has 0 spiro atoms. The van der Waals surface area contributed by atoms with Gasteiger partial charge in [-0.15, -0.1) is 0 Å². The fraction of sp³-hybridized carbons (Fsp3) is 0.636. The van der Waals surface area contributed by atoms with Gasteiger partial charge in [-0.05, 0) is 20.8 Å². The average Bonchev–Trinajstić information content (AvgIpc) is 2.10. The summed E-state index contributed by atoms with van der Waals surface area (Å²) in [6, 6.07) is 0. The summed E-state index contributed by atoms with van der Waals surface area (Å²) in [5.74, 6) is -0.823. The Morgan fingerprint density at radius 1 is 1.33 bits per heavy atom. The van der Waals surface area contributed by atoms with E-state index in [1.54, 1.807) is 0 Å². The van der Waals surface area contributed by atoms with Crippen LogP contribution in [0.5, 0.6) is 0 Å². The van der Waals surface area contributed by atoms with E-state index in [1.807, 2.05) is 20.8 Å². The van der Waals surface area contributed by atoms with Gasteiger partial charge in [-0.3, -0.25) is 9.59 Å². The summed E-state index contributed by atoms with van der Waals surface area (Å²) < 4.78 is 9.88. The molecule has 0 bridgehead atoms. The number of carbonyl (C=O) groups is 2.